The van der Waals surface area contributed by atoms with Crippen molar-refractivity contribution in [3.05, 3.63) is 70.8 Å². The monoisotopic (exact) mass is 559 g/mol. The summed E-state index contributed by atoms with van der Waals surface area (Å²) in [6.07, 6.45) is -0.398. The van der Waals surface area contributed by atoms with Crippen LogP contribution in [0.15, 0.2) is 54.6 Å². The minimum Gasteiger partial charge on any atom is -0.480 e. The molecule has 10 nitrogen and oxygen atoms in total. The molecule has 2 N–H and O–H groups in total. The summed E-state index contributed by atoms with van der Waals surface area (Å²) in [6.45, 7) is 4.29. The van der Waals surface area contributed by atoms with Crippen LogP contribution in [-0.4, -0.2) is 72.4 Å². The van der Waals surface area contributed by atoms with Crippen LogP contribution < -0.4 is 10.1 Å². The van der Waals surface area contributed by atoms with Crippen LogP contribution in [0.1, 0.15) is 36.7 Å². The van der Waals surface area contributed by atoms with Crippen LogP contribution in [0.5, 0.6) is 5.75 Å². The van der Waals surface area contributed by atoms with Crippen molar-refractivity contribution >= 4 is 35.3 Å². The number of carbonyl (C=O) groups excluding carboxylic acids is 2. The maximum Gasteiger partial charge on any atom is 0.329 e. The molecule has 0 bridgehead atoms. The van der Waals surface area contributed by atoms with E-state index in [4.69, 9.17) is 35.3 Å². The van der Waals surface area contributed by atoms with Crippen LogP contribution >= 0.6 is 11.6 Å². The molecular weight excluding hydrogens is 530 g/mol. The Morgan fingerprint density at radius 2 is 1.87 bits per heavy atom. The number of hydrogen-bond acceptors (Lipinski definition) is 8. The molecule has 2 aromatic carbocycles. The van der Waals surface area contributed by atoms with Gasteiger partial charge >= 0.3 is 5.97 Å². The molecule has 2 aliphatic rings. The lowest BCUT2D eigenvalue weighted by molar-refractivity contribution is -0.364. The van der Waals surface area contributed by atoms with E-state index in [0.717, 1.165) is 0 Å². The van der Waals surface area contributed by atoms with E-state index in [0.29, 0.717) is 21.9 Å². The largest absolute Gasteiger partial charge is 0.480 e. The Morgan fingerprint density at radius 3 is 2.56 bits per heavy atom. The zero-order chi connectivity index (χ0) is 28.2. The Kier molecular flexibility index (Phi) is 9.04. The number of ether oxygens (including phenoxy) is 5. The van der Waals surface area contributed by atoms with Gasteiger partial charge < -0.3 is 34.1 Å². The van der Waals surface area contributed by atoms with Gasteiger partial charge in [-0.25, -0.2) is 4.79 Å². The number of carboxylic acid groups (broad SMARTS) is 1. The Morgan fingerprint density at radius 1 is 1.15 bits per heavy atom. The highest BCUT2D eigenvalue weighted by atomic mass is 35.5. The lowest BCUT2D eigenvalue weighted by Crippen LogP contribution is -2.69. The zero-order valence-electron chi connectivity index (χ0n) is 21.7. The van der Waals surface area contributed by atoms with Gasteiger partial charge in [-0.3, -0.25) is 9.59 Å². The molecule has 0 aliphatic carbocycles. The Hall–Kier alpha value is -3.28. The van der Waals surface area contributed by atoms with Crippen molar-refractivity contribution < 1.29 is 43.2 Å². The van der Waals surface area contributed by atoms with Crippen molar-refractivity contribution in [2.45, 2.75) is 57.2 Å². The summed E-state index contributed by atoms with van der Waals surface area (Å²) in [7, 11) is 0. The summed E-state index contributed by atoms with van der Waals surface area (Å²) in [4.78, 5) is 36.2. The van der Waals surface area contributed by atoms with E-state index in [9.17, 15) is 19.5 Å². The van der Waals surface area contributed by atoms with Crippen LogP contribution in [0.25, 0.3) is 6.08 Å². The third-order valence-electron chi connectivity index (χ3n) is 6.14. The SMILES string of the molecule is CC(=O)NC1C(Oc2ccccc2/C=C/C(=O)c2ccc(Cl)cc2)OC2COC(C)(C)OC2C1OCC(=O)O. The molecular formula is C28H30ClNO9. The molecule has 2 aromatic rings. The highest BCUT2D eigenvalue weighted by Crippen LogP contribution is 2.35. The number of hydrogen-bond donors (Lipinski definition) is 2. The quantitative estimate of drug-likeness (QED) is 0.350. The van der Waals surface area contributed by atoms with Crippen LogP contribution in [-0.2, 0) is 28.5 Å². The van der Waals surface area contributed by atoms with Gasteiger partial charge in [0, 0.05) is 23.1 Å². The number of allylic oxidation sites excluding steroid dienone is 1. The number of amides is 1. The predicted octanol–water partition coefficient (Wildman–Crippen LogP) is 3.47. The standard InChI is InChI=1S/C28H30ClNO9/c1-16(31)30-24-26(35-15-23(33)34)25-22(14-36-28(2,3)39-25)38-27(24)37-21-7-5-4-6-18(21)10-13-20(32)17-8-11-19(29)12-9-17/h4-13,22,24-27H,14-15H2,1-3H3,(H,30,31)(H,33,34)/b13-10+. The molecule has 4 rings (SSSR count). The molecule has 2 heterocycles. The molecule has 39 heavy (non-hydrogen) atoms. The topological polar surface area (TPSA) is 130 Å². The van der Waals surface area contributed by atoms with Crippen LogP contribution in [0, 0.1) is 0 Å². The van der Waals surface area contributed by atoms with Gasteiger partial charge in [0.05, 0.1) is 6.61 Å². The number of rotatable bonds is 9. The van der Waals surface area contributed by atoms with Gasteiger partial charge in [0.25, 0.3) is 0 Å². The number of benzene rings is 2. The predicted molar refractivity (Wildman–Crippen MR) is 140 cm³/mol. The molecule has 11 heteroatoms. The van der Waals surface area contributed by atoms with Crippen molar-refractivity contribution in [3.63, 3.8) is 0 Å². The van der Waals surface area contributed by atoms with Gasteiger partial charge in [-0.1, -0.05) is 29.8 Å². The lowest BCUT2D eigenvalue weighted by atomic mass is 9.95. The number of halogens is 1. The van der Waals surface area contributed by atoms with Gasteiger partial charge in [-0.05, 0) is 56.3 Å². The number of ketones is 1. The maximum absolute atomic E-state index is 12.6. The lowest BCUT2D eigenvalue weighted by Gasteiger charge is -2.50. The third-order valence-corrected chi connectivity index (χ3v) is 6.39. The first-order chi connectivity index (χ1) is 18.5. The van der Waals surface area contributed by atoms with E-state index in [1.54, 1.807) is 68.5 Å². The Labute approximate surface area is 230 Å². The summed E-state index contributed by atoms with van der Waals surface area (Å²) < 4.78 is 29.9. The molecule has 2 fully saturated rings. The normalized spacial score (nSPS) is 26.0. The van der Waals surface area contributed by atoms with E-state index < -0.39 is 54.9 Å². The second kappa shape index (κ2) is 12.3. The van der Waals surface area contributed by atoms with E-state index >= 15 is 0 Å². The average Bonchev–Trinajstić information content (AvgIpc) is 2.87. The number of fused-ring (bicyclic) bond motifs is 1. The zero-order valence-corrected chi connectivity index (χ0v) is 22.4. The summed E-state index contributed by atoms with van der Waals surface area (Å²) in [5, 5.41) is 12.6. The van der Waals surface area contributed by atoms with Crippen molar-refractivity contribution in [1.82, 2.24) is 5.32 Å². The summed E-state index contributed by atoms with van der Waals surface area (Å²) >= 11 is 5.91. The molecule has 1 amide bonds. The summed E-state index contributed by atoms with van der Waals surface area (Å²) in [5.74, 6) is -2.41. The summed E-state index contributed by atoms with van der Waals surface area (Å²) in [5.41, 5.74) is 1.05. The van der Waals surface area contributed by atoms with Gasteiger partial charge in [0.15, 0.2) is 11.6 Å². The minimum atomic E-state index is -1.18. The van der Waals surface area contributed by atoms with Gasteiger partial charge in [0.1, 0.15) is 36.7 Å². The first kappa shape index (κ1) is 28.7. The van der Waals surface area contributed by atoms with Gasteiger partial charge in [-0.2, -0.15) is 0 Å². The first-order valence-corrected chi connectivity index (χ1v) is 12.7. The van der Waals surface area contributed by atoms with E-state index in [2.05, 4.69) is 5.32 Å². The van der Waals surface area contributed by atoms with Crippen molar-refractivity contribution in [3.8, 4) is 5.75 Å². The van der Waals surface area contributed by atoms with E-state index in [1.807, 2.05) is 0 Å². The van der Waals surface area contributed by atoms with Crippen LogP contribution in [0.4, 0.5) is 0 Å². The average molecular weight is 560 g/mol. The smallest absolute Gasteiger partial charge is 0.329 e. The second-order valence-corrected chi connectivity index (χ2v) is 10.0. The fourth-order valence-electron chi connectivity index (χ4n) is 4.41. The van der Waals surface area contributed by atoms with E-state index in [1.165, 1.54) is 13.0 Å². The molecule has 208 valence electrons. The van der Waals surface area contributed by atoms with Crippen LogP contribution in [0.3, 0.4) is 0 Å². The number of carbonyl (C=O) groups is 3. The van der Waals surface area contributed by atoms with Gasteiger partial charge in [0.2, 0.25) is 12.2 Å². The van der Waals surface area contributed by atoms with Crippen molar-refractivity contribution in [2.75, 3.05) is 13.2 Å². The minimum absolute atomic E-state index is 0.133. The molecule has 0 spiro atoms. The highest BCUT2D eigenvalue weighted by molar-refractivity contribution is 6.30. The molecule has 2 saturated heterocycles. The van der Waals surface area contributed by atoms with Crippen LogP contribution in [0.2, 0.25) is 5.02 Å². The Balaban J connectivity index is 1.61. The molecule has 0 saturated carbocycles. The highest BCUT2D eigenvalue weighted by Gasteiger charge is 2.53. The number of para-hydroxylation sites is 1. The third kappa shape index (κ3) is 7.43. The molecule has 5 atom stereocenters. The second-order valence-electron chi connectivity index (χ2n) is 9.59. The number of carboxylic acids is 1. The molecule has 2 aliphatic heterocycles. The number of nitrogens with one attached hydrogen (secondary N) is 1. The molecule has 0 aromatic heterocycles. The summed E-state index contributed by atoms with van der Waals surface area (Å²) in [6, 6.07) is 12.6. The van der Waals surface area contributed by atoms with Crippen molar-refractivity contribution in [2.24, 2.45) is 0 Å². The molecule has 0 radical (unpaired) electrons. The fourth-order valence-corrected chi connectivity index (χ4v) is 4.53. The van der Waals surface area contributed by atoms with Gasteiger partial charge in [-0.15, -0.1) is 0 Å². The van der Waals surface area contributed by atoms with E-state index in [-0.39, 0.29) is 12.4 Å². The first-order valence-electron chi connectivity index (χ1n) is 12.3. The Bertz CT molecular complexity index is 1230. The molecule has 5 unspecified atom stereocenters. The fraction of sp³-hybridized carbons (Fsp3) is 0.393. The number of aliphatic carboxylic acids is 1. The maximum atomic E-state index is 12.6. The van der Waals surface area contributed by atoms with Crippen molar-refractivity contribution in [1.29, 1.82) is 0 Å².